The van der Waals surface area contributed by atoms with Gasteiger partial charge in [-0.3, -0.25) is 0 Å². The molecule has 0 radical (unpaired) electrons. The average Bonchev–Trinajstić information content (AvgIpc) is 2.06. The Morgan fingerprint density at radius 2 is 2.08 bits per heavy atom. The Kier molecular flexibility index (Phi) is 6.18. The molecule has 1 aliphatic heterocycles. The van der Waals surface area contributed by atoms with Gasteiger partial charge in [-0.25, -0.2) is 4.79 Å². The van der Waals surface area contributed by atoms with Crippen LogP contribution in [0.2, 0.25) is 0 Å². The lowest BCUT2D eigenvalue weighted by Gasteiger charge is -2.19. The molecule has 1 atom stereocenters. The highest BCUT2D eigenvalue weighted by Gasteiger charge is 2.03. The van der Waals surface area contributed by atoms with E-state index in [1.54, 1.807) is 0 Å². The van der Waals surface area contributed by atoms with Crippen molar-refractivity contribution in [3.8, 4) is 0 Å². The van der Waals surface area contributed by atoms with E-state index in [4.69, 9.17) is 5.11 Å². The van der Waals surface area contributed by atoms with E-state index in [9.17, 15) is 4.79 Å². The zero-order valence-electron chi connectivity index (χ0n) is 8.26. The minimum Gasteiger partial charge on any atom is -0.478 e. The SMILES string of the molecule is C=C(C)C(=O)O.CC1CNCCN1. The summed E-state index contributed by atoms with van der Waals surface area (Å²) in [5.74, 6) is -0.935. The molecule has 4 heteroatoms. The summed E-state index contributed by atoms with van der Waals surface area (Å²) in [5.41, 5.74) is 0.176. The summed E-state index contributed by atoms with van der Waals surface area (Å²) in [7, 11) is 0. The summed E-state index contributed by atoms with van der Waals surface area (Å²) in [6.45, 7) is 10.2. The summed E-state index contributed by atoms with van der Waals surface area (Å²) >= 11 is 0. The number of carbonyl (C=O) groups is 1. The summed E-state index contributed by atoms with van der Waals surface area (Å²) in [6.07, 6.45) is 0. The fourth-order valence-electron chi connectivity index (χ4n) is 0.798. The van der Waals surface area contributed by atoms with Crippen LogP contribution in [0.4, 0.5) is 0 Å². The third-order valence-electron chi connectivity index (χ3n) is 1.61. The van der Waals surface area contributed by atoms with E-state index in [0.717, 1.165) is 19.6 Å². The Morgan fingerprint density at radius 1 is 1.54 bits per heavy atom. The van der Waals surface area contributed by atoms with Gasteiger partial charge in [-0.2, -0.15) is 0 Å². The maximum atomic E-state index is 9.60. The number of hydrogen-bond donors (Lipinski definition) is 3. The predicted molar refractivity (Wildman–Crippen MR) is 52.8 cm³/mol. The highest BCUT2D eigenvalue weighted by atomic mass is 16.4. The molecule has 76 valence electrons. The second-order valence-corrected chi connectivity index (χ2v) is 3.14. The maximum absolute atomic E-state index is 9.60. The first kappa shape index (κ1) is 12.1. The fraction of sp³-hybridized carbons (Fsp3) is 0.667. The van der Waals surface area contributed by atoms with E-state index in [-0.39, 0.29) is 5.57 Å². The first-order valence-corrected chi connectivity index (χ1v) is 4.37. The number of aliphatic carboxylic acids is 1. The zero-order chi connectivity index (χ0) is 10.3. The smallest absolute Gasteiger partial charge is 0.330 e. The molecule has 0 bridgehead atoms. The molecule has 1 fully saturated rings. The van der Waals surface area contributed by atoms with Gasteiger partial charge in [0.2, 0.25) is 0 Å². The van der Waals surface area contributed by atoms with Crippen LogP contribution in [-0.4, -0.2) is 36.8 Å². The van der Waals surface area contributed by atoms with Crippen molar-refractivity contribution >= 4 is 5.97 Å². The molecule has 13 heavy (non-hydrogen) atoms. The third-order valence-corrected chi connectivity index (χ3v) is 1.61. The number of piperazine rings is 1. The molecule has 0 aromatic rings. The molecule has 0 aromatic carbocycles. The molecule has 0 aromatic heterocycles. The third kappa shape index (κ3) is 7.49. The van der Waals surface area contributed by atoms with Crippen molar-refractivity contribution in [3.63, 3.8) is 0 Å². The van der Waals surface area contributed by atoms with Gasteiger partial charge in [0.05, 0.1) is 0 Å². The molecule has 3 N–H and O–H groups in total. The monoisotopic (exact) mass is 186 g/mol. The number of nitrogens with one attached hydrogen (secondary N) is 2. The van der Waals surface area contributed by atoms with Crippen molar-refractivity contribution in [2.75, 3.05) is 19.6 Å². The van der Waals surface area contributed by atoms with Crippen LogP contribution in [0.25, 0.3) is 0 Å². The van der Waals surface area contributed by atoms with Crippen LogP contribution < -0.4 is 10.6 Å². The molecule has 1 rings (SSSR count). The molecule has 0 aliphatic carbocycles. The van der Waals surface area contributed by atoms with Gasteiger partial charge in [-0.15, -0.1) is 0 Å². The predicted octanol–water partition coefficient (Wildman–Crippen LogP) is 0.215. The van der Waals surface area contributed by atoms with Crippen molar-refractivity contribution in [2.45, 2.75) is 19.9 Å². The topological polar surface area (TPSA) is 61.4 Å². The molecule has 4 nitrogen and oxygen atoms in total. The Hall–Kier alpha value is -0.870. The zero-order valence-corrected chi connectivity index (χ0v) is 8.26. The molecule has 1 unspecified atom stereocenters. The van der Waals surface area contributed by atoms with Crippen LogP contribution in [0, 0.1) is 0 Å². The Morgan fingerprint density at radius 3 is 2.23 bits per heavy atom. The number of hydrogen-bond acceptors (Lipinski definition) is 3. The second-order valence-electron chi connectivity index (χ2n) is 3.14. The molecular formula is C9H18N2O2. The number of carboxylic acid groups (broad SMARTS) is 1. The van der Waals surface area contributed by atoms with Crippen LogP contribution >= 0.6 is 0 Å². The second kappa shape index (κ2) is 6.62. The van der Waals surface area contributed by atoms with Crippen molar-refractivity contribution < 1.29 is 9.90 Å². The van der Waals surface area contributed by atoms with Gasteiger partial charge < -0.3 is 15.7 Å². The normalized spacial score (nSPS) is 21.2. The molecule has 0 spiro atoms. The number of rotatable bonds is 1. The van der Waals surface area contributed by atoms with Crippen LogP contribution in [0.5, 0.6) is 0 Å². The molecule has 1 saturated heterocycles. The Labute approximate surface area is 79.0 Å². The van der Waals surface area contributed by atoms with E-state index >= 15 is 0 Å². The van der Waals surface area contributed by atoms with E-state index < -0.39 is 5.97 Å². The highest BCUT2D eigenvalue weighted by molar-refractivity contribution is 5.84. The van der Waals surface area contributed by atoms with Crippen LogP contribution in [0.15, 0.2) is 12.2 Å². The lowest BCUT2D eigenvalue weighted by molar-refractivity contribution is -0.132. The lowest BCUT2D eigenvalue weighted by Crippen LogP contribution is -2.46. The van der Waals surface area contributed by atoms with Crippen molar-refractivity contribution in [1.29, 1.82) is 0 Å². The van der Waals surface area contributed by atoms with E-state index in [2.05, 4.69) is 24.1 Å². The summed E-state index contributed by atoms with van der Waals surface area (Å²) < 4.78 is 0. The van der Waals surface area contributed by atoms with Crippen LogP contribution in [-0.2, 0) is 4.79 Å². The highest BCUT2D eigenvalue weighted by Crippen LogP contribution is 1.81. The summed E-state index contributed by atoms with van der Waals surface area (Å²) in [5, 5.41) is 14.5. The van der Waals surface area contributed by atoms with Crippen molar-refractivity contribution in [3.05, 3.63) is 12.2 Å². The summed E-state index contributed by atoms with van der Waals surface area (Å²) in [6, 6.07) is 0.675. The first-order chi connectivity index (χ1) is 6.04. The number of carboxylic acids is 1. The average molecular weight is 186 g/mol. The first-order valence-electron chi connectivity index (χ1n) is 4.37. The van der Waals surface area contributed by atoms with Crippen molar-refractivity contribution in [2.24, 2.45) is 0 Å². The van der Waals surface area contributed by atoms with E-state index in [1.807, 2.05) is 0 Å². The minimum absolute atomic E-state index is 0.176. The molecule has 1 aliphatic rings. The lowest BCUT2D eigenvalue weighted by atomic mass is 10.3. The quantitative estimate of drug-likeness (QED) is 0.512. The van der Waals surface area contributed by atoms with Gasteiger partial charge in [0, 0.05) is 31.2 Å². The van der Waals surface area contributed by atoms with Gasteiger partial charge in [0.25, 0.3) is 0 Å². The largest absolute Gasteiger partial charge is 0.478 e. The fourth-order valence-corrected chi connectivity index (χ4v) is 0.798. The van der Waals surface area contributed by atoms with E-state index in [1.165, 1.54) is 6.92 Å². The molecule has 0 amide bonds. The Balaban J connectivity index is 0.000000226. The van der Waals surface area contributed by atoms with Gasteiger partial charge in [-0.1, -0.05) is 6.58 Å². The Bertz CT molecular complexity index is 162. The minimum atomic E-state index is -0.935. The molecular weight excluding hydrogens is 168 g/mol. The van der Waals surface area contributed by atoms with Crippen LogP contribution in [0.3, 0.4) is 0 Å². The van der Waals surface area contributed by atoms with E-state index in [0.29, 0.717) is 6.04 Å². The van der Waals surface area contributed by atoms with Gasteiger partial charge in [0.1, 0.15) is 0 Å². The maximum Gasteiger partial charge on any atom is 0.330 e. The molecule has 1 heterocycles. The summed E-state index contributed by atoms with van der Waals surface area (Å²) in [4.78, 5) is 9.60. The van der Waals surface area contributed by atoms with Gasteiger partial charge >= 0.3 is 5.97 Å². The molecule has 0 saturated carbocycles. The van der Waals surface area contributed by atoms with Gasteiger partial charge in [0.15, 0.2) is 0 Å². The van der Waals surface area contributed by atoms with Gasteiger partial charge in [-0.05, 0) is 13.8 Å². The van der Waals surface area contributed by atoms with Crippen molar-refractivity contribution in [1.82, 2.24) is 10.6 Å². The standard InChI is InChI=1S/C5H12N2.C4H6O2/c1-5-4-6-2-3-7-5;1-3(2)4(5)6/h5-7H,2-4H2,1H3;1H2,2H3,(H,5,6). The van der Waals surface area contributed by atoms with Crippen LogP contribution in [0.1, 0.15) is 13.8 Å².